The van der Waals surface area contributed by atoms with Gasteiger partial charge in [-0.3, -0.25) is 19.3 Å². The average molecular weight is 545 g/mol. The third-order valence-corrected chi connectivity index (χ3v) is 6.81. The molecule has 0 saturated carbocycles. The number of fused-ring (bicyclic) bond motifs is 1. The minimum atomic E-state index is -1.03. The first-order chi connectivity index (χ1) is 19.2. The Morgan fingerprint density at radius 3 is 2.45 bits per heavy atom. The lowest BCUT2D eigenvalue weighted by Crippen LogP contribution is -2.33. The number of ether oxygens (including phenoxy) is 1. The monoisotopic (exact) mass is 544 g/mol. The summed E-state index contributed by atoms with van der Waals surface area (Å²) in [5, 5.41) is 14.7. The van der Waals surface area contributed by atoms with Crippen molar-refractivity contribution in [2.75, 3.05) is 35.8 Å². The molecule has 4 amide bonds. The normalized spacial score (nSPS) is 12.7. The van der Waals surface area contributed by atoms with E-state index in [4.69, 9.17) is 9.84 Å². The number of benzene rings is 3. The highest BCUT2D eigenvalue weighted by atomic mass is 16.5. The number of carboxylic acids is 1. The van der Waals surface area contributed by atoms with Gasteiger partial charge in [0.15, 0.2) is 0 Å². The van der Waals surface area contributed by atoms with Crippen LogP contribution in [0.25, 0.3) is 0 Å². The lowest BCUT2D eigenvalue weighted by atomic mass is 10.0. The van der Waals surface area contributed by atoms with Crippen LogP contribution < -0.4 is 25.2 Å². The summed E-state index contributed by atoms with van der Waals surface area (Å²) in [5.41, 5.74) is 4.48. The molecule has 1 aliphatic heterocycles. The standard InChI is InChI=1S/C30H32N4O6/c1-19(35)31-25(18-29(37)38)21-9-11-23(12-10-21)33(2)28(36)17-20-8-13-24(27(16-20)40-3)32-30(39)34-15-14-22-6-4-5-7-26(22)34/h4-13,16,25H,14-15,17-18H2,1-3H3,(H,31,35)(H,32,39)(H,37,38). The third kappa shape index (κ3) is 6.58. The zero-order chi connectivity index (χ0) is 28.8. The Bertz CT molecular complexity index is 1410. The van der Waals surface area contributed by atoms with E-state index in [1.807, 2.05) is 24.3 Å². The first-order valence-electron chi connectivity index (χ1n) is 12.8. The maximum atomic E-state index is 13.0. The number of methoxy groups -OCH3 is 1. The summed E-state index contributed by atoms with van der Waals surface area (Å²) in [6.45, 7) is 1.93. The smallest absolute Gasteiger partial charge is 0.326 e. The molecule has 0 fully saturated rings. The van der Waals surface area contributed by atoms with Gasteiger partial charge in [0.25, 0.3) is 0 Å². The summed E-state index contributed by atoms with van der Waals surface area (Å²) >= 11 is 0. The van der Waals surface area contributed by atoms with Gasteiger partial charge in [-0.05, 0) is 53.4 Å². The van der Waals surface area contributed by atoms with Crippen molar-refractivity contribution < 1.29 is 29.0 Å². The number of nitrogens with one attached hydrogen (secondary N) is 2. The molecule has 1 unspecified atom stereocenters. The van der Waals surface area contributed by atoms with Crippen LogP contribution in [0.2, 0.25) is 0 Å². The minimum absolute atomic E-state index is 0.0931. The highest BCUT2D eigenvalue weighted by molar-refractivity contribution is 6.04. The quantitative estimate of drug-likeness (QED) is 0.371. The second-order valence-corrected chi connectivity index (χ2v) is 9.57. The van der Waals surface area contributed by atoms with E-state index in [-0.39, 0.29) is 30.7 Å². The number of rotatable bonds is 9. The molecule has 3 aromatic carbocycles. The van der Waals surface area contributed by atoms with Gasteiger partial charge in [-0.1, -0.05) is 36.4 Å². The number of para-hydroxylation sites is 1. The van der Waals surface area contributed by atoms with Crippen molar-refractivity contribution in [3.63, 3.8) is 0 Å². The zero-order valence-corrected chi connectivity index (χ0v) is 22.6. The number of urea groups is 1. The first-order valence-corrected chi connectivity index (χ1v) is 12.8. The molecule has 208 valence electrons. The van der Waals surface area contributed by atoms with Crippen LogP contribution in [-0.4, -0.2) is 49.6 Å². The molecular weight excluding hydrogens is 512 g/mol. The summed E-state index contributed by atoms with van der Waals surface area (Å²) in [4.78, 5) is 51.9. The maximum absolute atomic E-state index is 13.0. The topological polar surface area (TPSA) is 128 Å². The number of hydrogen-bond donors (Lipinski definition) is 3. The minimum Gasteiger partial charge on any atom is -0.495 e. The number of likely N-dealkylation sites (N-methyl/N-ethyl adjacent to an activating group) is 1. The number of nitrogens with zero attached hydrogens (tertiary/aromatic N) is 2. The van der Waals surface area contributed by atoms with E-state index in [9.17, 15) is 19.2 Å². The summed E-state index contributed by atoms with van der Waals surface area (Å²) < 4.78 is 5.51. The Kier molecular flexibility index (Phi) is 8.68. The molecule has 3 aromatic rings. The van der Waals surface area contributed by atoms with Crippen LogP contribution in [0.15, 0.2) is 66.7 Å². The van der Waals surface area contributed by atoms with Crippen molar-refractivity contribution >= 4 is 40.9 Å². The molecule has 0 aliphatic carbocycles. The van der Waals surface area contributed by atoms with Crippen LogP contribution in [0.3, 0.4) is 0 Å². The molecule has 4 rings (SSSR count). The maximum Gasteiger partial charge on any atom is 0.326 e. The molecule has 0 radical (unpaired) electrons. The van der Waals surface area contributed by atoms with Gasteiger partial charge in [-0.25, -0.2) is 4.79 Å². The van der Waals surface area contributed by atoms with Crippen molar-refractivity contribution in [3.8, 4) is 5.75 Å². The van der Waals surface area contributed by atoms with E-state index in [1.54, 1.807) is 54.4 Å². The summed E-state index contributed by atoms with van der Waals surface area (Å²) in [7, 11) is 3.16. The Morgan fingerprint density at radius 2 is 1.77 bits per heavy atom. The number of carbonyl (C=O) groups excluding carboxylic acids is 3. The molecular formula is C30H32N4O6. The average Bonchev–Trinajstić information content (AvgIpc) is 3.37. The molecule has 3 N–H and O–H groups in total. The highest BCUT2D eigenvalue weighted by Crippen LogP contribution is 2.31. The highest BCUT2D eigenvalue weighted by Gasteiger charge is 2.25. The number of carboxylic acid groups (broad SMARTS) is 1. The van der Waals surface area contributed by atoms with Crippen molar-refractivity contribution in [3.05, 3.63) is 83.4 Å². The summed E-state index contributed by atoms with van der Waals surface area (Å²) in [6, 6.07) is 18.9. The predicted molar refractivity (Wildman–Crippen MR) is 152 cm³/mol. The Hall–Kier alpha value is -4.86. The van der Waals surface area contributed by atoms with Crippen LogP contribution in [-0.2, 0) is 27.2 Å². The second-order valence-electron chi connectivity index (χ2n) is 9.57. The van der Waals surface area contributed by atoms with Gasteiger partial charge >= 0.3 is 12.0 Å². The number of aliphatic carboxylic acids is 1. The van der Waals surface area contributed by atoms with E-state index in [1.165, 1.54) is 18.9 Å². The first kappa shape index (κ1) is 28.2. The summed E-state index contributed by atoms with van der Waals surface area (Å²) in [6.07, 6.45) is 0.642. The predicted octanol–water partition coefficient (Wildman–Crippen LogP) is 4.15. The molecule has 0 spiro atoms. The van der Waals surface area contributed by atoms with Gasteiger partial charge in [0.1, 0.15) is 5.75 Å². The largest absolute Gasteiger partial charge is 0.495 e. The zero-order valence-electron chi connectivity index (χ0n) is 22.6. The Balaban J connectivity index is 1.41. The van der Waals surface area contributed by atoms with E-state index in [0.717, 1.165) is 17.7 Å². The van der Waals surface area contributed by atoms with Crippen molar-refractivity contribution in [1.29, 1.82) is 0 Å². The summed E-state index contributed by atoms with van der Waals surface area (Å²) in [5.74, 6) is -1.09. The molecule has 0 bridgehead atoms. The van der Waals surface area contributed by atoms with Crippen LogP contribution >= 0.6 is 0 Å². The van der Waals surface area contributed by atoms with Crippen LogP contribution in [0.5, 0.6) is 5.75 Å². The second kappa shape index (κ2) is 12.3. The van der Waals surface area contributed by atoms with E-state index < -0.39 is 12.0 Å². The van der Waals surface area contributed by atoms with E-state index >= 15 is 0 Å². The lowest BCUT2D eigenvalue weighted by Gasteiger charge is -2.21. The van der Waals surface area contributed by atoms with Gasteiger partial charge in [0, 0.05) is 31.9 Å². The molecule has 1 atom stereocenters. The number of carbonyl (C=O) groups is 4. The molecule has 0 aromatic heterocycles. The SMILES string of the molecule is COc1cc(CC(=O)N(C)c2ccc(C(CC(=O)O)NC(C)=O)cc2)ccc1NC(=O)N1CCc2ccccc21. The molecule has 10 heteroatoms. The van der Waals surface area contributed by atoms with Crippen molar-refractivity contribution in [2.45, 2.75) is 32.2 Å². The van der Waals surface area contributed by atoms with E-state index in [0.29, 0.717) is 34.8 Å². The fourth-order valence-electron chi connectivity index (χ4n) is 4.72. The fraction of sp³-hybridized carbons (Fsp3) is 0.267. The Labute approximate surface area is 232 Å². The van der Waals surface area contributed by atoms with Gasteiger partial charge in [-0.15, -0.1) is 0 Å². The van der Waals surface area contributed by atoms with Gasteiger partial charge in [-0.2, -0.15) is 0 Å². The van der Waals surface area contributed by atoms with Gasteiger partial charge < -0.3 is 25.4 Å². The Morgan fingerprint density at radius 1 is 1.05 bits per heavy atom. The number of anilines is 3. The van der Waals surface area contributed by atoms with Gasteiger partial charge in [0.2, 0.25) is 11.8 Å². The number of amides is 4. The lowest BCUT2D eigenvalue weighted by molar-refractivity contribution is -0.137. The van der Waals surface area contributed by atoms with E-state index in [2.05, 4.69) is 10.6 Å². The van der Waals surface area contributed by atoms with Crippen LogP contribution in [0.4, 0.5) is 21.9 Å². The molecule has 40 heavy (non-hydrogen) atoms. The number of hydrogen-bond acceptors (Lipinski definition) is 5. The molecule has 10 nitrogen and oxygen atoms in total. The van der Waals surface area contributed by atoms with Crippen molar-refractivity contribution in [1.82, 2.24) is 5.32 Å². The third-order valence-electron chi connectivity index (χ3n) is 6.81. The molecule has 1 heterocycles. The van der Waals surface area contributed by atoms with Crippen LogP contribution in [0.1, 0.15) is 36.1 Å². The van der Waals surface area contributed by atoms with Crippen molar-refractivity contribution in [2.24, 2.45) is 0 Å². The van der Waals surface area contributed by atoms with Gasteiger partial charge in [0.05, 0.1) is 31.7 Å². The fourth-order valence-corrected chi connectivity index (χ4v) is 4.72. The molecule has 1 aliphatic rings. The van der Waals surface area contributed by atoms with Crippen LogP contribution in [0, 0.1) is 0 Å². The molecule has 0 saturated heterocycles.